The van der Waals surface area contributed by atoms with Crippen molar-refractivity contribution in [2.75, 3.05) is 6.54 Å². The second-order valence-electron chi connectivity index (χ2n) is 6.50. The van der Waals surface area contributed by atoms with E-state index in [0.29, 0.717) is 24.6 Å². The number of carbonyl (C=O) groups excluding carboxylic acids is 1. The van der Waals surface area contributed by atoms with Gasteiger partial charge in [-0.25, -0.2) is 9.78 Å². The highest BCUT2D eigenvalue weighted by molar-refractivity contribution is 5.92. The molecule has 3 heterocycles. The normalized spacial score (nSPS) is 13.5. The third kappa shape index (κ3) is 2.88. The van der Waals surface area contributed by atoms with Crippen molar-refractivity contribution in [2.24, 2.45) is 14.1 Å². The van der Waals surface area contributed by atoms with Crippen LogP contribution in [0.15, 0.2) is 50.4 Å². The molecule has 4 rings (SSSR count). The average molecular weight is 366 g/mol. The molecule has 27 heavy (non-hydrogen) atoms. The van der Waals surface area contributed by atoms with Crippen LogP contribution in [0.5, 0.6) is 0 Å². The smallest absolute Gasteiger partial charge is 0.331 e. The van der Waals surface area contributed by atoms with Crippen LogP contribution in [0.3, 0.4) is 0 Å². The molecular formula is C19H18N4O4. The summed E-state index contributed by atoms with van der Waals surface area (Å²) in [6.45, 7) is 0.701. The van der Waals surface area contributed by atoms with Gasteiger partial charge in [-0.05, 0) is 12.1 Å². The van der Waals surface area contributed by atoms with Crippen molar-refractivity contribution >= 4 is 5.91 Å². The molecule has 8 heteroatoms. The van der Waals surface area contributed by atoms with Crippen molar-refractivity contribution in [3.8, 4) is 11.5 Å². The van der Waals surface area contributed by atoms with E-state index in [4.69, 9.17) is 4.42 Å². The summed E-state index contributed by atoms with van der Waals surface area (Å²) >= 11 is 0. The Morgan fingerprint density at radius 1 is 1.11 bits per heavy atom. The minimum absolute atomic E-state index is 0.0679. The minimum Gasteiger partial charge on any atom is -0.441 e. The van der Waals surface area contributed by atoms with Crippen LogP contribution in [-0.4, -0.2) is 31.5 Å². The number of carbonyl (C=O) groups is 1. The zero-order chi connectivity index (χ0) is 19.1. The van der Waals surface area contributed by atoms with E-state index in [1.54, 1.807) is 4.90 Å². The van der Waals surface area contributed by atoms with Crippen LogP contribution in [0.25, 0.3) is 11.5 Å². The van der Waals surface area contributed by atoms with Gasteiger partial charge in [-0.3, -0.25) is 18.7 Å². The lowest BCUT2D eigenvalue weighted by atomic mass is 10.1. The Balaban J connectivity index is 1.64. The number of amides is 1. The molecule has 0 saturated carbocycles. The largest absolute Gasteiger partial charge is 0.441 e. The Bertz CT molecular complexity index is 1140. The number of oxazole rings is 1. The molecule has 0 fully saturated rings. The van der Waals surface area contributed by atoms with Crippen molar-refractivity contribution in [2.45, 2.75) is 13.0 Å². The lowest BCUT2D eigenvalue weighted by Gasteiger charge is -2.26. The number of benzene rings is 1. The highest BCUT2D eigenvalue weighted by Gasteiger charge is 2.28. The Morgan fingerprint density at radius 3 is 2.59 bits per heavy atom. The number of aromatic nitrogens is 3. The van der Waals surface area contributed by atoms with Crippen molar-refractivity contribution in [1.29, 1.82) is 0 Å². The third-order valence-electron chi connectivity index (χ3n) is 4.78. The van der Waals surface area contributed by atoms with Crippen molar-refractivity contribution in [3.63, 3.8) is 0 Å². The van der Waals surface area contributed by atoms with Crippen LogP contribution < -0.4 is 11.2 Å². The summed E-state index contributed by atoms with van der Waals surface area (Å²) in [6, 6.07) is 10.7. The van der Waals surface area contributed by atoms with Gasteiger partial charge in [0.25, 0.3) is 11.5 Å². The SMILES string of the molecule is Cn1c(C(=O)N2CCc3oc(-c4ccccc4)nc3C2)cc(=O)n(C)c1=O. The average Bonchev–Trinajstić information content (AvgIpc) is 3.12. The predicted octanol–water partition coefficient (Wildman–Crippen LogP) is 0.937. The summed E-state index contributed by atoms with van der Waals surface area (Å²) in [5.41, 5.74) is 0.600. The van der Waals surface area contributed by atoms with Crippen LogP contribution in [0, 0.1) is 0 Å². The molecule has 0 unspecified atom stereocenters. The van der Waals surface area contributed by atoms with Crippen molar-refractivity contribution in [3.05, 3.63) is 74.4 Å². The Kier molecular flexibility index (Phi) is 4.02. The van der Waals surface area contributed by atoms with E-state index in [0.717, 1.165) is 15.9 Å². The highest BCUT2D eigenvalue weighted by atomic mass is 16.4. The Labute approximate surface area is 154 Å². The summed E-state index contributed by atoms with van der Waals surface area (Å²) in [6.07, 6.45) is 0.527. The molecule has 8 nitrogen and oxygen atoms in total. The van der Waals surface area contributed by atoms with Crippen LogP contribution in [0.4, 0.5) is 0 Å². The molecule has 0 bridgehead atoms. The van der Waals surface area contributed by atoms with Crippen LogP contribution >= 0.6 is 0 Å². The fourth-order valence-electron chi connectivity index (χ4n) is 3.18. The van der Waals surface area contributed by atoms with E-state index in [1.807, 2.05) is 30.3 Å². The molecule has 0 saturated heterocycles. The zero-order valence-electron chi connectivity index (χ0n) is 15.0. The molecule has 3 aromatic rings. The standard InChI is InChI=1S/C19H18N4O4/c1-21-14(10-16(24)22(2)19(21)26)18(25)23-9-8-15-13(11-23)20-17(27-15)12-6-4-3-5-7-12/h3-7,10H,8-9,11H2,1-2H3. The lowest BCUT2D eigenvalue weighted by molar-refractivity contribution is 0.0715. The Hall–Kier alpha value is -3.42. The van der Waals surface area contributed by atoms with Crippen LogP contribution in [0.1, 0.15) is 21.9 Å². The van der Waals surface area contributed by atoms with Gasteiger partial charge in [0.05, 0.1) is 6.54 Å². The van der Waals surface area contributed by atoms with Gasteiger partial charge < -0.3 is 9.32 Å². The topological polar surface area (TPSA) is 90.3 Å². The molecule has 0 radical (unpaired) electrons. The maximum absolute atomic E-state index is 12.9. The molecule has 1 aliphatic rings. The molecular weight excluding hydrogens is 348 g/mol. The van der Waals surface area contributed by atoms with E-state index in [9.17, 15) is 14.4 Å². The molecule has 138 valence electrons. The minimum atomic E-state index is -0.531. The van der Waals surface area contributed by atoms with Gasteiger partial charge >= 0.3 is 5.69 Å². The number of hydrogen-bond acceptors (Lipinski definition) is 5. The second kappa shape index (κ2) is 6.39. The van der Waals surface area contributed by atoms with Crippen LogP contribution in [-0.2, 0) is 27.1 Å². The van der Waals surface area contributed by atoms with E-state index in [-0.39, 0.29) is 18.1 Å². The number of hydrogen-bond donors (Lipinski definition) is 0. The number of fused-ring (bicyclic) bond motifs is 1. The van der Waals surface area contributed by atoms with E-state index < -0.39 is 11.2 Å². The van der Waals surface area contributed by atoms with Crippen LogP contribution in [0.2, 0.25) is 0 Å². The summed E-state index contributed by atoms with van der Waals surface area (Å²) in [4.78, 5) is 43.0. The summed E-state index contributed by atoms with van der Waals surface area (Å²) in [5, 5.41) is 0. The monoisotopic (exact) mass is 366 g/mol. The zero-order valence-corrected chi connectivity index (χ0v) is 15.0. The number of nitrogens with zero attached hydrogens (tertiary/aromatic N) is 4. The van der Waals surface area contributed by atoms with Crippen molar-refractivity contribution in [1.82, 2.24) is 19.0 Å². The lowest BCUT2D eigenvalue weighted by Crippen LogP contribution is -2.43. The van der Waals surface area contributed by atoms with E-state index >= 15 is 0 Å². The second-order valence-corrected chi connectivity index (χ2v) is 6.50. The first-order valence-corrected chi connectivity index (χ1v) is 8.56. The molecule has 0 spiro atoms. The highest BCUT2D eigenvalue weighted by Crippen LogP contribution is 2.26. The summed E-state index contributed by atoms with van der Waals surface area (Å²) in [5.74, 6) is 0.911. The van der Waals surface area contributed by atoms with E-state index in [1.165, 1.54) is 24.7 Å². The molecule has 1 aliphatic heterocycles. The van der Waals surface area contributed by atoms with Gasteiger partial charge in [0.2, 0.25) is 5.89 Å². The first-order chi connectivity index (χ1) is 13.0. The molecule has 0 aliphatic carbocycles. The first kappa shape index (κ1) is 17.0. The molecule has 2 aromatic heterocycles. The van der Waals surface area contributed by atoms with Gasteiger partial charge in [0.15, 0.2) is 0 Å². The predicted molar refractivity (Wildman–Crippen MR) is 97.3 cm³/mol. The van der Waals surface area contributed by atoms with Crippen molar-refractivity contribution < 1.29 is 9.21 Å². The molecule has 1 amide bonds. The maximum atomic E-state index is 12.9. The first-order valence-electron chi connectivity index (χ1n) is 8.56. The fourth-order valence-corrected chi connectivity index (χ4v) is 3.18. The van der Waals surface area contributed by atoms with Gasteiger partial charge in [-0.1, -0.05) is 18.2 Å². The Morgan fingerprint density at radius 2 is 1.85 bits per heavy atom. The molecule has 1 aromatic carbocycles. The van der Waals surface area contributed by atoms with Gasteiger partial charge in [-0.15, -0.1) is 0 Å². The van der Waals surface area contributed by atoms with Gasteiger partial charge in [0, 0.05) is 38.7 Å². The third-order valence-corrected chi connectivity index (χ3v) is 4.78. The van der Waals surface area contributed by atoms with Gasteiger partial charge in [0.1, 0.15) is 17.1 Å². The van der Waals surface area contributed by atoms with E-state index in [2.05, 4.69) is 4.98 Å². The molecule has 0 atom stereocenters. The summed E-state index contributed by atoms with van der Waals surface area (Å²) in [7, 11) is 2.86. The molecule has 0 N–H and O–H groups in total. The summed E-state index contributed by atoms with van der Waals surface area (Å²) < 4.78 is 8.01. The van der Waals surface area contributed by atoms with Gasteiger partial charge in [-0.2, -0.15) is 0 Å². The quantitative estimate of drug-likeness (QED) is 0.673. The maximum Gasteiger partial charge on any atom is 0.331 e. The number of rotatable bonds is 2. The fraction of sp³-hybridized carbons (Fsp3) is 0.263.